The predicted octanol–water partition coefficient (Wildman–Crippen LogP) is 5.06. The van der Waals surface area contributed by atoms with Crippen LogP contribution in [0.4, 0.5) is 14.5 Å². The number of aromatic nitrogens is 1. The Morgan fingerprint density at radius 1 is 1.11 bits per heavy atom. The zero-order valence-electron chi connectivity index (χ0n) is 15.3. The molecule has 5 nitrogen and oxygen atoms in total. The summed E-state index contributed by atoms with van der Waals surface area (Å²) in [5, 5.41) is 2.86. The lowest BCUT2D eigenvalue weighted by molar-refractivity contribution is -0.286. The van der Waals surface area contributed by atoms with E-state index < -0.39 is 6.29 Å². The molecule has 7 heteroatoms. The van der Waals surface area contributed by atoms with Gasteiger partial charge in [-0.2, -0.15) is 0 Å². The number of aryl methyl sites for hydroxylation is 2. The SMILES string of the molecule is CCn1cccc1C(=O)Nc1ccc(-c2cc3c(cc2C)OC(F)(F)O3)cc1. The first-order chi connectivity index (χ1) is 13.4. The molecule has 1 aliphatic rings. The minimum absolute atomic E-state index is 0.00306. The van der Waals surface area contributed by atoms with Gasteiger partial charge in [0.25, 0.3) is 5.91 Å². The van der Waals surface area contributed by atoms with Crippen LogP contribution in [0.5, 0.6) is 11.5 Å². The topological polar surface area (TPSA) is 52.5 Å². The van der Waals surface area contributed by atoms with E-state index in [2.05, 4.69) is 14.8 Å². The van der Waals surface area contributed by atoms with Gasteiger partial charge in [0.1, 0.15) is 5.69 Å². The van der Waals surface area contributed by atoms with E-state index in [1.54, 1.807) is 18.2 Å². The van der Waals surface area contributed by atoms with Crippen LogP contribution in [0, 0.1) is 6.92 Å². The highest BCUT2D eigenvalue weighted by molar-refractivity contribution is 6.03. The van der Waals surface area contributed by atoms with Gasteiger partial charge in [0, 0.05) is 18.4 Å². The molecule has 2 aromatic carbocycles. The Morgan fingerprint density at radius 3 is 2.46 bits per heavy atom. The minimum Gasteiger partial charge on any atom is -0.395 e. The van der Waals surface area contributed by atoms with Gasteiger partial charge in [-0.3, -0.25) is 4.79 Å². The van der Waals surface area contributed by atoms with Crippen molar-refractivity contribution in [3.8, 4) is 22.6 Å². The van der Waals surface area contributed by atoms with Gasteiger partial charge in [-0.15, -0.1) is 8.78 Å². The fourth-order valence-electron chi connectivity index (χ4n) is 3.23. The summed E-state index contributed by atoms with van der Waals surface area (Å²) >= 11 is 0. The highest BCUT2D eigenvalue weighted by Gasteiger charge is 2.43. The molecule has 0 atom stereocenters. The monoisotopic (exact) mass is 384 g/mol. The van der Waals surface area contributed by atoms with Crippen LogP contribution >= 0.6 is 0 Å². The number of benzene rings is 2. The lowest BCUT2D eigenvalue weighted by atomic mass is 9.99. The summed E-state index contributed by atoms with van der Waals surface area (Å²) in [6.45, 7) is 4.48. The van der Waals surface area contributed by atoms with Gasteiger partial charge >= 0.3 is 6.29 Å². The largest absolute Gasteiger partial charge is 0.586 e. The molecule has 0 unspecified atom stereocenters. The summed E-state index contributed by atoms with van der Waals surface area (Å²) in [6.07, 6.45) is -1.79. The second-order valence-electron chi connectivity index (χ2n) is 6.49. The lowest BCUT2D eigenvalue weighted by Crippen LogP contribution is -2.25. The Hall–Kier alpha value is -3.35. The van der Waals surface area contributed by atoms with Gasteiger partial charge in [-0.1, -0.05) is 12.1 Å². The molecule has 3 aromatic rings. The van der Waals surface area contributed by atoms with Gasteiger partial charge in [-0.05, 0) is 66.9 Å². The highest BCUT2D eigenvalue weighted by atomic mass is 19.3. The van der Waals surface area contributed by atoms with Crippen LogP contribution in [-0.4, -0.2) is 16.8 Å². The lowest BCUT2D eigenvalue weighted by Gasteiger charge is -2.10. The van der Waals surface area contributed by atoms with Gasteiger partial charge < -0.3 is 19.4 Å². The maximum atomic E-state index is 13.3. The third-order valence-corrected chi connectivity index (χ3v) is 4.60. The summed E-state index contributed by atoms with van der Waals surface area (Å²) < 4.78 is 37.4. The van der Waals surface area contributed by atoms with E-state index in [9.17, 15) is 13.6 Å². The molecule has 1 N–H and O–H groups in total. The second kappa shape index (κ2) is 6.67. The molecule has 0 spiro atoms. The van der Waals surface area contributed by atoms with Crippen molar-refractivity contribution in [3.63, 3.8) is 0 Å². The summed E-state index contributed by atoms with van der Waals surface area (Å²) in [4.78, 5) is 12.4. The Bertz CT molecular complexity index is 1040. The van der Waals surface area contributed by atoms with Crippen molar-refractivity contribution in [3.05, 3.63) is 66.0 Å². The van der Waals surface area contributed by atoms with Gasteiger partial charge in [-0.25, -0.2) is 0 Å². The predicted molar refractivity (Wildman–Crippen MR) is 101 cm³/mol. The molecule has 0 bridgehead atoms. The van der Waals surface area contributed by atoms with E-state index in [4.69, 9.17) is 0 Å². The molecule has 2 heterocycles. The van der Waals surface area contributed by atoms with E-state index in [0.717, 1.165) is 16.7 Å². The number of alkyl halides is 2. The van der Waals surface area contributed by atoms with Crippen LogP contribution in [0.2, 0.25) is 0 Å². The first-order valence-electron chi connectivity index (χ1n) is 8.84. The quantitative estimate of drug-likeness (QED) is 0.684. The molecular formula is C21H18F2N2O3. The molecule has 4 rings (SSSR count). The fraction of sp³-hybridized carbons (Fsp3) is 0.190. The Kier molecular flexibility index (Phi) is 4.30. The first-order valence-corrected chi connectivity index (χ1v) is 8.84. The van der Waals surface area contributed by atoms with E-state index in [1.165, 1.54) is 12.1 Å². The normalized spacial score (nSPS) is 14.1. The molecule has 1 aromatic heterocycles. The molecule has 0 saturated heterocycles. The molecule has 0 saturated carbocycles. The molecule has 0 fully saturated rings. The van der Waals surface area contributed by atoms with E-state index >= 15 is 0 Å². The highest BCUT2D eigenvalue weighted by Crippen LogP contribution is 2.44. The molecule has 0 radical (unpaired) electrons. The number of nitrogens with zero attached hydrogens (tertiary/aromatic N) is 1. The number of nitrogens with one attached hydrogen (secondary N) is 1. The van der Waals surface area contributed by atoms with Crippen LogP contribution in [0.3, 0.4) is 0 Å². The molecule has 1 aliphatic heterocycles. The second-order valence-corrected chi connectivity index (χ2v) is 6.49. The summed E-state index contributed by atoms with van der Waals surface area (Å²) in [5.74, 6) is -0.168. The summed E-state index contributed by atoms with van der Waals surface area (Å²) in [7, 11) is 0. The molecule has 144 valence electrons. The summed E-state index contributed by atoms with van der Waals surface area (Å²) in [6, 6.07) is 13.8. The fourth-order valence-corrected chi connectivity index (χ4v) is 3.23. The number of hydrogen-bond acceptors (Lipinski definition) is 3. The number of amides is 1. The van der Waals surface area contributed by atoms with Crippen LogP contribution in [0.25, 0.3) is 11.1 Å². The number of carbonyl (C=O) groups is 1. The number of halogens is 2. The average molecular weight is 384 g/mol. The van der Waals surface area contributed by atoms with Crippen LogP contribution in [-0.2, 0) is 6.54 Å². The third kappa shape index (κ3) is 3.31. The van der Waals surface area contributed by atoms with Crippen LogP contribution in [0.15, 0.2) is 54.7 Å². The number of rotatable bonds is 4. The van der Waals surface area contributed by atoms with Crippen LogP contribution < -0.4 is 14.8 Å². The Balaban J connectivity index is 1.55. The van der Waals surface area contributed by atoms with Crippen molar-refractivity contribution < 1.29 is 23.0 Å². The Labute approximate surface area is 160 Å². The van der Waals surface area contributed by atoms with Crippen molar-refractivity contribution in [1.82, 2.24) is 4.57 Å². The maximum Gasteiger partial charge on any atom is 0.586 e. The van der Waals surface area contributed by atoms with Crippen molar-refractivity contribution in [2.75, 3.05) is 5.32 Å². The number of ether oxygens (including phenoxy) is 2. The zero-order chi connectivity index (χ0) is 19.9. The Morgan fingerprint density at radius 2 is 1.79 bits per heavy atom. The number of fused-ring (bicyclic) bond motifs is 1. The molecular weight excluding hydrogens is 366 g/mol. The number of hydrogen-bond donors (Lipinski definition) is 1. The molecule has 28 heavy (non-hydrogen) atoms. The first kappa shape index (κ1) is 18.0. The van der Waals surface area contributed by atoms with Crippen molar-refractivity contribution in [2.24, 2.45) is 0 Å². The third-order valence-electron chi connectivity index (χ3n) is 4.60. The number of anilines is 1. The number of carbonyl (C=O) groups excluding carboxylic acids is 1. The molecule has 1 amide bonds. The van der Waals surface area contributed by atoms with E-state index in [0.29, 0.717) is 17.9 Å². The van der Waals surface area contributed by atoms with E-state index in [1.807, 2.05) is 42.8 Å². The van der Waals surface area contributed by atoms with Crippen molar-refractivity contribution >= 4 is 11.6 Å². The minimum atomic E-state index is -3.64. The molecule has 0 aliphatic carbocycles. The average Bonchev–Trinajstić information content (AvgIpc) is 3.24. The van der Waals surface area contributed by atoms with Gasteiger partial charge in [0.2, 0.25) is 0 Å². The van der Waals surface area contributed by atoms with E-state index in [-0.39, 0.29) is 17.4 Å². The van der Waals surface area contributed by atoms with Crippen LogP contribution in [0.1, 0.15) is 23.0 Å². The van der Waals surface area contributed by atoms with Gasteiger partial charge in [0.05, 0.1) is 0 Å². The zero-order valence-corrected chi connectivity index (χ0v) is 15.3. The summed E-state index contributed by atoms with van der Waals surface area (Å²) in [5.41, 5.74) is 3.56. The maximum absolute atomic E-state index is 13.3. The smallest absolute Gasteiger partial charge is 0.395 e. The van der Waals surface area contributed by atoms with Crippen molar-refractivity contribution in [2.45, 2.75) is 26.7 Å². The standard InChI is InChI=1S/C21H18F2N2O3/c1-3-25-10-4-5-17(25)20(26)24-15-8-6-14(7-9-15)16-12-19-18(11-13(16)2)27-21(22,23)28-19/h4-12H,3H2,1-2H3,(H,24,26). The van der Waals surface area contributed by atoms with Gasteiger partial charge in [0.15, 0.2) is 11.5 Å². The van der Waals surface area contributed by atoms with Crippen molar-refractivity contribution in [1.29, 1.82) is 0 Å².